The third-order valence-corrected chi connectivity index (χ3v) is 8.28. The van der Waals surface area contributed by atoms with Crippen molar-refractivity contribution in [2.24, 2.45) is 10.9 Å². The van der Waals surface area contributed by atoms with Crippen LogP contribution in [0.4, 0.5) is 0 Å². The van der Waals surface area contributed by atoms with Crippen LogP contribution < -0.4 is 5.32 Å². The Balaban J connectivity index is 0.00000210. The molecule has 2 saturated heterocycles. The number of halogens is 1. The molecular weight excluding hydrogens is 475 g/mol. The van der Waals surface area contributed by atoms with Crippen LogP contribution in [0.15, 0.2) is 4.99 Å². The second-order valence-electron chi connectivity index (χ2n) is 8.67. The molecule has 1 N–H and O–H groups in total. The second-order valence-corrected chi connectivity index (χ2v) is 10.9. The highest BCUT2D eigenvalue weighted by molar-refractivity contribution is 14.0. The fourth-order valence-corrected chi connectivity index (χ4v) is 6.47. The zero-order valence-electron chi connectivity index (χ0n) is 16.3. The first-order valence-corrected chi connectivity index (χ1v) is 12.4. The Kier molecular flexibility index (Phi) is 7.69. The predicted octanol–water partition coefficient (Wildman–Crippen LogP) is 2.10. The van der Waals surface area contributed by atoms with Gasteiger partial charge in [0.15, 0.2) is 15.8 Å². The van der Waals surface area contributed by atoms with Crippen LogP contribution in [0.25, 0.3) is 0 Å². The average molecular weight is 510 g/mol. The van der Waals surface area contributed by atoms with Gasteiger partial charge >= 0.3 is 0 Å². The Labute approximate surface area is 181 Å². The third kappa shape index (κ3) is 6.19. The second kappa shape index (κ2) is 9.61. The number of guanidine groups is 1. The minimum Gasteiger partial charge on any atom is -0.354 e. The molecule has 2 saturated carbocycles. The Morgan fingerprint density at radius 3 is 2.26 bits per heavy atom. The van der Waals surface area contributed by atoms with Crippen molar-refractivity contribution in [3.63, 3.8) is 0 Å². The molecule has 2 heterocycles. The van der Waals surface area contributed by atoms with Crippen molar-refractivity contribution >= 4 is 39.8 Å². The molecule has 0 spiro atoms. The maximum absolute atomic E-state index is 11.7. The van der Waals surface area contributed by atoms with Crippen molar-refractivity contribution in [3.05, 3.63) is 0 Å². The van der Waals surface area contributed by atoms with E-state index in [1.54, 1.807) is 0 Å². The van der Waals surface area contributed by atoms with Gasteiger partial charge in [-0.2, -0.15) is 0 Å². The monoisotopic (exact) mass is 510 g/mol. The Hall–Kier alpha value is -0.0900. The van der Waals surface area contributed by atoms with Crippen LogP contribution >= 0.6 is 24.0 Å². The summed E-state index contributed by atoms with van der Waals surface area (Å²) in [5.41, 5.74) is 0. The van der Waals surface area contributed by atoms with Crippen molar-refractivity contribution in [1.29, 1.82) is 0 Å². The summed E-state index contributed by atoms with van der Waals surface area (Å²) < 4.78 is 23.4. The van der Waals surface area contributed by atoms with E-state index in [2.05, 4.69) is 15.1 Å². The first-order chi connectivity index (χ1) is 12.6. The molecule has 4 rings (SSSR count). The number of aliphatic imine (C=N–C) groups is 1. The van der Waals surface area contributed by atoms with E-state index in [1.807, 2.05) is 0 Å². The summed E-state index contributed by atoms with van der Waals surface area (Å²) in [6.07, 6.45) is 10.2. The lowest BCUT2D eigenvalue weighted by Gasteiger charge is -2.41. The highest BCUT2D eigenvalue weighted by Crippen LogP contribution is 2.24. The Bertz CT molecular complexity index is 609. The van der Waals surface area contributed by atoms with Gasteiger partial charge in [-0.15, -0.1) is 24.0 Å². The zero-order chi connectivity index (χ0) is 18.0. The Morgan fingerprint density at radius 2 is 1.67 bits per heavy atom. The van der Waals surface area contributed by atoms with E-state index in [9.17, 15) is 8.42 Å². The summed E-state index contributed by atoms with van der Waals surface area (Å²) in [6.45, 7) is 4.99. The van der Waals surface area contributed by atoms with Gasteiger partial charge in [0.1, 0.15) is 0 Å². The largest absolute Gasteiger partial charge is 0.354 e. The number of nitrogens with zero attached hydrogens (tertiary/aromatic N) is 3. The quantitative estimate of drug-likeness (QED) is 0.357. The lowest BCUT2D eigenvalue weighted by atomic mass is 9.94. The summed E-state index contributed by atoms with van der Waals surface area (Å²) in [5, 5.41) is 3.61. The summed E-state index contributed by atoms with van der Waals surface area (Å²) in [7, 11) is -2.81. The molecule has 1 atom stereocenters. The van der Waals surface area contributed by atoms with Crippen LogP contribution in [-0.4, -0.2) is 80.5 Å². The van der Waals surface area contributed by atoms with Crippen LogP contribution in [0.3, 0.4) is 0 Å². The molecule has 0 amide bonds. The van der Waals surface area contributed by atoms with Gasteiger partial charge in [-0.25, -0.2) is 8.42 Å². The summed E-state index contributed by atoms with van der Waals surface area (Å²) in [6, 6.07) is 1.38. The molecule has 0 aromatic carbocycles. The maximum Gasteiger partial charge on any atom is 0.194 e. The topological polar surface area (TPSA) is 65.0 Å². The summed E-state index contributed by atoms with van der Waals surface area (Å²) in [5.74, 6) is 1.90. The number of rotatable bonds is 4. The third-order valence-electron chi connectivity index (χ3n) is 6.44. The van der Waals surface area contributed by atoms with E-state index in [-0.39, 0.29) is 29.9 Å². The van der Waals surface area contributed by atoms with Crippen LogP contribution in [-0.2, 0) is 9.84 Å². The minimum atomic E-state index is -2.81. The molecule has 4 aliphatic rings. The van der Waals surface area contributed by atoms with Gasteiger partial charge in [-0.3, -0.25) is 9.89 Å². The number of hydrogen-bond donors (Lipinski definition) is 1. The molecule has 4 fully saturated rings. The fraction of sp³-hybridized carbons (Fsp3) is 0.947. The van der Waals surface area contributed by atoms with E-state index in [0.29, 0.717) is 24.1 Å². The van der Waals surface area contributed by atoms with Gasteiger partial charge in [0.05, 0.1) is 11.5 Å². The fourth-order valence-electron chi connectivity index (χ4n) is 4.62. The first kappa shape index (κ1) is 21.6. The van der Waals surface area contributed by atoms with Crippen molar-refractivity contribution in [2.75, 3.05) is 44.2 Å². The molecule has 0 aromatic rings. The molecule has 2 aliphatic heterocycles. The lowest BCUT2D eigenvalue weighted by Crippen LogP contribution is -2.55. The van der Waals surface area contributed by atoms with Crippen molar-refractivity contribution in [2.45, 2.75) is 63.5 Å². The van der Waals surface area contributed by atoms with Crippen molar-refractivity contribution in [1.82, 2.24) is 15.1 Å². The maximum atomic E-state index is 11.7. The first-order valence-electron chi connectivity index (χ1n) is 10.6. The molecule has 0 bridgehead atoms. The molecule has 2 aliphatic carbocycles. The van der Waals surface area contributed by atoms with Crippen LogP contribution in [0.1, 0.15) is 51.4 Å². The molecule has 0 aromatic heterocycles. The van der Waals surface area contributed by atoms with Crippen molar-refractivity contribution < 1.29 is 8.42 Å². The van der Waals surface area contributed by atoms with Gasteiger partial charge in [-0.1, -0.05) is 19.3 Å². The Morgan fingerprint density at radius 1 is 0.963 bits per heavy atom. The summed E-state index contributed by atoms with van der Waals surface area (Å²) in [4.78, 5) is 9.95. The molecule has 8 heteroatoms. The highest BCUT2D eigenvalue weighted by Gasteiger charge is 2.31. The van der Waals surface area contributed by atoms with Crippen molar-refractivity contribution in [3.8, 4) is 0 Å². The van der Waals surface area contributed by atoms with Gasteiger partial charge < -0.3 is 10.2 Å². The van der Waals surface area contributed by atoms with E-state index in [0.717, 1.165) is 44.6 Å². The number of piperazine rings is 1. The van der Waals surface area contributed by atoms with Gasteiger partial charge in [0, 0.05) is 44.8 Å². The lowest BCUT2D eigenvalue weighted by molar-refractivity contribution is 0.106. The molecular formula is C19H35IN4O2S. The van der Waals surface area contributed by atoms with E-state index in [4.69, 9.17) is 4.99 Å². The standard InChI is InChI=1S/C19H34N4O2S.HI/c24-26(25)13-8-16(15-26)14-20-19(21-17-6-7-17)23-11-9-22(10-12-23)18-4-2-1-3-5-18;/h16-18H,1-15H2,(H,20,21);1H. The number of nitrogens with one attached hydrogen (secondary N) is 1. The average Bonchev–Trinajstić information content (AvgIpc) is 3.41. The van der Waals surface area contributed by atoms with Gasteiger partial charge in [-0.05, 0) is 38.0 Å². The van der Waals surface area contributed by atoms with Gasteiger partial charge in [0.2, 0.25) is 0 Å². The SMILES string of the molecule is I.O=S1(=O)CCC(CN=C(NC2CC2)N2CCN(C3CCCCC3)CC2)C1. The van der Waals surface area contributed by atoms with Gasteiger partial charge in [0.25, 0.3) is 0 Å². The molecule has 156 valence electrons. The van der Waals surface area contributed by atoms with Crippen LogP contribution in [0, 0.1) is 5.92 Å². The van der Waals surface area contributed by atoms with Crippen LogP contribution in [0.2, 0.25) is 0 Å². The molecule has 27 heavy (non-hydrogen) atoms. The summed E-state index contributed by atoms with van der Waals surface area (Å²) >= 11 is 0. The minimum absolute atomic E-state index is 0. The highest BCUT2D eigenvalue weighted by atomic mass is 127. The normalized spacial score (nSPS) is 30.1. The number of hydrogen-bond acceptors (Lipinski definition) is 4. The zero-order valence-corrected chi connectivity index (χ0v) is 19.5. The predicted molar refractivity (Wildman–Crippen MR) is 121 cm³/mol. The molecule has 0 radical (unpaired) electrons. The van der Waals surface area contributed by atoms with E-state index < -0.39 is 9.84 Å². The van der Waals surface area contributed by atoms with Crippen LogP contribution in [0.5, 0.6) is 0 Å². The number of sulfone groups is 1. The molecule has 1 unspecified atom stereocenters. The van der Waals surface area contributed by atoms with E-state index >= 15 is 0 Å². The van der Waals surface area contributed by atoms with E-state index in [1.165, 1.54) is 44.9 Å². The smallest absolute Gasteiger partial charge is 0.194 e. The molecule has 6 nitrogen and oxygen atoms in total.